The second-order valence-corrected chi connectivity index (χ2v) is 5.26. The highest BCUT2D eigenvalue weighted by molar-refractivity contribution is 6.42. The van der Waals surface area contributed by atoms with Crippen LogP contribution in [-0.4, -0.2) is 9.78 Å². The highest BCUT2D eigenvalue weighted by Gasteiger charge is 2.12. The zero-order valence-electron chi connectivity index (χ0n) is 10.7. The Morgan fingerprint density at radius 1 is 1.00 bits per heavy atom. The van der Waals surface area contributed by atoms with Crippen LogP contribution in [0.5, 0.6) is 0 Å². The van der Waals surface area contributed by atoms with E-state index in [1.54, 1.807) is 42.5 Å². The zero-order valence-corrected chi connectivity index (χ0v) is 12.2. The molecule has 0 saturated carbocycles. The van der Waals surface area contributed by atoms with E-state index in [2.05, 4.69) is 5.10 Å². The summed E-state index contributed by atoms with van der Waals surface area (Å²) in [6.45, 7) is 0. The molecule has 0 atom stereocenters. The average molecular weight is 322 g/mol. The van der Waals surface area contributed by atoms with Crippen LogP contribution in [0.4, 0.5) is 10.2 Å². The van der Waals surface area contributed by atoms with Crippen molar-refractivity contribution < 1.29 is 4.39 Å². The molecule has 2 aromatic carbocycles. The lowest BCUT2D eigenvalue weighted by molar-refractivity contribution is 0.630. The predicted molar refractivity (Wildman–Crippen MR) is 83.4 cm³/mol. The third-order valence-electron chi connectivity index (χ3n) is 3.03. The van der Waals surface area contributed by atoms with Crippen molar-refractivity contribution in [3.8, 4) is 16.9 Å². The molecule has 0 radical (unpaired) electrons. The van der Waals surface area contributed by atoms with Gasteiger partial charge in [0.2, 0.25) is 0 Å². The first kappa shape index (κ1) is 13.9. The second-order valence-electron chi connectivity index (χ2n) is 4.44. The van der Waals surface area contributed by atoms with Gasteiger partial charge in [-0.1, -0.05) is 35.3 Å². The van der Waals surface area contributed by atoms with Crippen molar-refractivity contribution in [2.75, 3.05) is 5.73 Å². The Bertz CT molecular complexity index is 814. The molecule has 0 aliphatic carbocycles. The van der Waals surface area contributed by atoms with Gasteiger partial charge >= 0.3 is 0 Å². The number of nitrogens with two attached hydrogens (primary N) is 1. The molecule has 1 aromatic heterocycles. The number of benzene rings is 2. The van der Waals surface area contributed by atoms with E-state index in [0.29, 0.717) is 32.8 Å². The lowest BCUT2D eigenvalue weighted by Crippen LogP contribution is -2.01. The lowest BCUT2D eigenvalue weighted by Gasteiger charge is -2.05. The van der Waals surface area contributed by atoms with Crippen LogP contribution < -0.4 is 5.73 Å². The quantitative estimate of drug-likeness (QED) is 0.751. The van der Waals surface area contributed by atoms with Crippen molar-refractivity contribution >= 4 is 29.0 Å². The van der Waals surface area contributed by atoms with Gasteiger partial charge in [-0.2, -0.15) is 5.10 Å². The van der Waals surface area contributed by atoms with Crippen molar-refractivity contribution in [3.05, 3.63) is 64.4 Å². The Labute approximate surface area is 130 Å². The van der Waals surface area contributed by atoms with E-state index in [9.17, 15) is 4.39 Å². The maximum absolute atomic E-state index is 13.8. The first-order chi connectivity index (χ1) is 10.1. The smallest absolute Gasteiger partial charge is 0.132 e. The molecule has 0 bridgehead atoms. The molecular weight excluding hydrogens is 312 g/mol. The van der Waals surface area contributed by atoms with Crippen molar-refractivity contribution in [1.29, 1.82) is 0 Å². The third-order valence-corrected chi connectivity index (χ3v) is 3.77. The average Bonchev–Trinajstić information content (AvgIpc) is 2.84. The number of hydrogen-bond acceptors (Lipinski definition) is 2. The van der Waals surface area contributed by atoms with E-state index >= 15 is 0 Å². The van der Waals surface area contributed by atoms with Gasteiger partial charge in [-0.15, -0.1) is 0 Å². The zero-order chi connectivity index (χ0) is 15.0. The highest BCUT2D eigenvalue weighted by atomic mass is 35.5. The molecule has 3 aromatic rings. The fourth-order valence-corrected chi connectivity index (χ4v) is 2.31. The van der Waals surface area contributed by atoms with Crippen LogP contribution >= 0.6 is 23.2 Å². The number of nitrogens with zero attached hydrogens (tertiary/aromatic N) is 2. The molecule has 106 valence electrons. The van der Waals surface area contributed by atoms with Crippen molar-refractivity contribution in [2.24, 2.45) is 0 Å². The summed E-state index contributed by atoms with van der Waals surface area (Å²) in [5, 5.41) is 5.18. The molecular formula is C15H10Cl2FN3. The molecule has 3 nitrogen and oxygen atoms in total. The lowest BCUT2D eigenvalue weighted by atomic mass is 10.1. The summed E-state index contributed by atoms with van der Waals surface area (Å²) in [5.74, 6) is 0.0305. The van der Waals surface area contributed by atoms with E-state index in [0.717, 1.165) is 0 Å². The number of hydrogen-bond donors (Lipinski definition) is 1. The second kappa shape index (κ2) is 5.39. The maximum atomic E-state index is 13.8. The largest absolute Gasteiger partial charge is 0.384 e. The van der Waals surface area contributed by atoms with E-state index in [4.69, 9.17) is 28.9 Å². The van der Waals surface area contributed by atoms with E-state index < -0.39 is 0 Å². The highest BCUT2D eigenvalue weighted by Crippen LogP contribution is 2.28. The normalized spacial score (nSPS) is 10.8. The maximum Gasteiger partial charge on any atom is 0.132 e. The molecule has 3 rings (SSSR count). The van der Waals surface area contributed by atoms with E-state index in [1.807, 2.05) is 0 Å². The van der Waals surface area contributed by atoms with Crippen LogP contribution in [0.1, 0.15) is 0 Å². The molecule has 2 N–H and O–H groups in total. The van der Waals surface area contributed by atoms with Crippen LogP contribution in [-0.2, 0) is 0 Å². The Balaban J connectivity index is 2.10. The van der Waals surface area contributed by atoms with Crippen molar-refractivity contribution in [2.45, 2.75) is 0 Å². The van der Waals surface area contributed by atoms with E-state index in [-0.39, 0.29) is 5.82 Å². The molecule has 1 heterocycles. The van der Waals surface area contributed by atoms with Crippen LogP contribution in [0, 0.1) is 5.82 Å². The summed E-state index contributed by atoms with van der Waals surface area (Å²) < 4.78 is 15.3. The topological polar surface area (TPSA) is 43.8 Å². The third kappa shape index (κ3) is 2.60. The molecule has 0 fully saturated rings. The van der Waals surface area contributed by atoms with Crippen LogP contribution in [0.3, 0.4) is 0 Å². The van der Waals surface area contributed by atoms with Crippen LogP contribution in [0.15, 0.2) is 48.5 Å². The van der Waals surface area contributed by atoms with Gasteiger partial charge in [0.25, 0.3) is 0 Å². The molecule has 0 unspecified atom stereocenters. The molecule has 21 heavy (non-hydrogen) atoms. The summed E-state index contributed by atoms with van der Waals surface area (Å²) in [6.07, 6.45) is 0. The fourth-order valence-electron chi connectivity index (χ4n) is 2.02. The summed E-state index contributed by atoms with van der Waals surface area (Å²) in [6, 6.07) is 13.1. The predicted octanol–water partition coefficient (Wildman–Crippen LogP) is 4.57. The first-order valence-electron chi connectivity index (χ1n) is 6.12. The molecule has 0 saturated heterocycles. The number of anilines is 1. The van der Waals surface area contributed by atoms with Gasteiger partial charge < -0.3 is 5.73 Å². The fraction of sp³-hybridized carbons (Fsp3) is 0. The summed E-state index contributed by atoms with van der Waals surface area (Å²) in [5.41, 5.74) is 7.45. The Morgan fingerprint density at radius 3 is 2.48 bits per heavy atom. The molecule has 6 heteroatoms. The van der Waals surface area contributed by atoms with Crippen molar-refractivity contribution in [3.63, 3.8) is 0 Å². The minimum absolute atomic E-state index is 0.351. The van der Waals surface area contributed by atoms with Crippen molar-refractivity contribution in [1.82, 2.24) is 9.78 Å². The molecule has 0 amide bonds. The molecule has 0 aliphatic heterocycles. The van der Waals surface area contributed by atoms with Gasteiger partial charge in [-0.25, -0.2) is 9.07 Å². The SMILES string of the molecule is Nc1cc(-c2ccccc2F)nn1-c1ccc(Cl)c(Cl)c1. The van der Waals surface area contributed by atoms with E-state index in [1.165, 1.54) is 10.7 Å². The van der Waals surface area contributed by atoms with Gasteiger partial charge in [0.1, 0.15) is 11.6 Å². The number of aromatic nitrogens is 2. The number of halogens is 3. The van der Waals surface area contributed by atoms with Crippen LogP contribution in [0.2, 0.25) is 10.0 Å². The molecule has 0 aliphatic rings. The van der Waals surface area contributed by atoms with Gasteiger partial charge in [0, 0.05) is 11.6 Å². The number of rotatable bonds is 2. The minimum atomic E-state index is -0.351. The van der Waals surface area contributed by atoms with Gasteiger partial charge in [0.05, 0.1) is 21.4 Å². The monoisotopic (exact) mass is 321 g/mol. The summed E-state index contributed by atoms with van der Waals surface area (Å²) in [4.78, 5) is 0. The number of nitrogen functional groups attached to an aromatic ring is 1. The summed E-state index contributed by atoms with van der Waals surface area (Å²) in [7, 11) is 0. The van der Waals surface area contributed by atoms with Gasteiger partial charge in [-0.05, 0) is 30.3 Å². The van der Waals surface area contributed by atoms with Crippen LogP contribution in [0.25, 0.3) is 16.9 Å². The standard InChI is InChI=1S/C15H10Cl2FN3/c16-11-6-5-9(7-12(11)17)21-15(19)8-14(20-21)10-3-1-2-4-13(10)18/h1-8H,19H2. The molecule has 0 spiro atoms. The van der Waals surface area contributed by atoms with Gasteiger partial charge in [0.15, 0.2) is 0 Å². The van der Waals surface area contributed by atoms with Gasteiger partial charge in [-0.3, -0.25) is 0 Å². The minimum Gasteiger partial charge on any atom is -0.384 e. The Kier molecular flexibility index (Phi) is 3.57. The Morgan fingerprint density at radius 2 is 1.76 bits per heavy atom. The first-order valence-corrected chi connectivity index (χ1v) is 6.88. The Hall–Kier alpha value is -2.04. The summed E-state index contributed by atoms with van der Waals surface area (Å²) >= 11 is 11.9.